The summed E-state index contributed by atoms with van der Waals surface area (Å²) in [5.74, 6) is -0.488. The van der Waals surface area contributed by atoms with Gasteiger partial charge in [-0.3, -0.25) is 9.59 Å². The third-order valence-corrected chi connectivity index (χ3v) is 4.89. The minimum absolute atomic E-state index is 0.238. The number of aryl methyl sites for hydroxylation is 1. The molecule has 1 N–H and O–H groups in total. The van der Waals surface area contributed by atoms with Crippen LogP contribution in [0.1, 0.15) is 39.3 Å². The predicted molar refractivity (Wildman–Crippen MR) is 112 cm³/mol. The molecular formula is C23H22N4O3. The Kier molecular flexibility index (Phi) is 6.28. The first-order valence-corrected chi connectivity index (χ1v) is 9.46. The Morgan fingerprint density at radius 3 is 2.37 bits per heavy atom. The minimum Gasteiger partial charge on any atom is -0.469 e. The van der Waals surface area contributed by atoms with Crippen molar-refractivity contribution in [1.29, 1.82) is 5.26 Å². The molecule has 0 unspecified atom stereocenters. The second-order valence-corrected chi connectivity index (χ2v) is 6.83. The molecule has 0 aliphatic heterocycles. The van der Waals surface area contributed by atoms with E-state index in [1.807, 2.05) is 36.7 Å². The van der Waals surface area contributed by atoms with Crippen LogP contribution in [0.25, 0.3) is 5.69 Å². The summed E-state index contributed by atoms with van der Waals surface area (Å²) in [4.78, 5) is 23.9. The van der Waals surface area contributed by atoms with Crippen LogP contribution in [0.3, 0.4) is 0 Å². The molecule has 152 valence electrons. The highest BCUT2D eigenvalue weighted by Crippen LogP contribution is 2.20. The van der Waals surface area contributed by atoms with Gasteiger partial charge in [-0.15, -0.1) is 0 Å². The summed E-state index contributed by atoms with van der Waals surface area (Å²) in [6.45, 7) is 3.87. The number of amides is 1. The van der Waals surface area contributed by atoms with E-state index in [-0.39, 0.29) is 11.9 Å². The monoisotopic (exact) mass is 402 g/mol. The first-order chi connectivity index (χ1) is 14.4. The van der Waals surface area contributed by atoms with Gasteiger partial charge in [0.2, 0.25) is 0 Å². The number of methoxy groups -OCH3 is 1. The molecule has 0 spiro atoms. The average molecular weight is 402 g/mol. The lowest BCUT2D eigenvalue weighted by molar-refractivity contribution is -0.140. The molecule has 0 radical (unpaired) electrons. The second kappa shape index (κ2) is 9.05. The summed E-state index contributed by atoms with van der Waals surface area (Å²) >= 11 is 0. The van der Waals surface area contributed by atoms with Crippen LogP contribution < -0.4 is 5.32 Å². The molecule has 7 nitrogen and oxygen atoms in total. The van der Waals surface area contributed by atoms with Gasteiger partial charge in [-0.25, -0.2) is 4.68 Å². The maximum Gasteiger partial charge on any atom is 0.305 e. The normalized spacial score (nSPS) is 10.3. The Bertz CT molecular complexity index is 1110. The number of nitriles is 1. The van der Waals surface area contributed by atoms with Crippen molar-refractivity contribution in [2.45, 2.75) is 26.7 Å². The molecule has 0 aliphatic carbocycles. The standard InChI is InChI=1S/C23H22N4O3/c1-15-21(12-13-22(28)30-3)16(2)27(26-15)20-10-6-18(7-11-20)23(29)25-19-8-4-17(14-24)5-9-19/h4-11H,12-13H2,1-3H3,(H,25,29). The first kappa shape index (κ1) is 20.8. The van der Waals surface area contributed by atoms with Crippen molar-refractivity contribution in [2.24, 2.45) is 0 Å². The van der Waals surface area contributed by atoms with Crippen molar-refractivity contribution in [3.63, 3.8) is 0 Å². The molecule has 0 aliphatic rings. The molecule has 3 aromatic rings. The van der Waals surface area contributed by atoms with Gasteiger partial charge < -0.3 is 10.1 Å². The van der Waals surface area contributed by atoms with Gasteiger partial charge in [0.25, 0.3) is 5.91 Å². The Labute approximate surface area is 174 Å². The molecule has 0 bridgehead atoms. The predicted octanol–water partition coefficient (Wildman–Crippen LogP) is 3.72. The van der Waals surface area contributed by atoms with Gasteiger partial charge in [0, 0.05) is 23.4 Å². The minimum atomic E-state index is -0.251. The van der Waals surface area contributed by atoms with E-state index in [1.54, 1.807) is 36.4 Å². The van der Waals surface area contributed by atoms with Crippen molar-refractivity contribution in [3.8, 4) is 11.8 Å². The Balaban J connectivity index is 1.74. The van der Waals surface area contributed by atoms with Gasteiger partial charge in [0.1, 0.15) is 0 Å². The molecule has 1 aromatic heterocycles. The maximum absolute atomic E-state index is 12.5. The van der Waals surface area contributed by atoms with Crippen molar-refractivity contribution < 1.29 is 14.3 Å². The van der Waals surface area contributed by atoms with Crippen LogP contribution in [0.4, 0.5) is 5.69 Å². The number of hydrogen-bond donors (Lipinski definition) is 1. The highest BCUT2D eigenvalue weighted by atomic mass is 16.5. The maximum atomic E-state index is 12.5. The number of nitrogens with zero attached hydrogens (tertiary/aromatic N) is 3. The Hall–Kier alpha value is -3.92. The van der Waals surface area contributed by atoms with Gasteiger partial charge in [-0.1, -0.05) is 0 Å². The molecule has 0 atom stereocenters. The molecule has 30 heavy (non-hydrogen) atoms. The van der Waals surface area contributed by atoms with E-state index in [9.17, 15) is 9.59 Å². The van der Waals surface area contributed by atoms with Gasteiger partial charge in [0.05, 0.1) is 30.1 Å². The lowest BCUT2D eigenvalue weighted by Gasteiger charge is -2.08. The number of carbonyl (C=O) groups is 2. The topological polar surface area (TPSA) is 97.0 Å². The van der Waals surface area contributed by atoms with Crippen LogP contribution in [0.2, 0.25) is 0 Å². The fourth-order valence-corrected chi connectivity index (χ4v) is 3.20. The van der Waals surface area contributed by atoms with Crippen LogP contribution in [-0.2, 0) is 16.0 Å². The van der Waals surface area contributed by atoms with Gasteiger partial charge in [-0.2, -0.15) is 10.4 Å². The average Bonchev–Trinajstić information content (AvgIpc) is 3.06. The van der Waals surface area contributed by atoms with Gasteiger partial charge in [-0.05, 0) is 74.4 Å². The molecule has 2 aromatic carbocycles. The first-order valence-electron chi connectivity index (χ1n) is 9.46. The number of benzene rings is 2. The van der Waals surface area contributed by atoms with Crippen LogP contribution in [0.15, 0.2) is 48.5 Å². The summed E-state index contributed by atoms with van der Waals surface area (Å²) in [5, 5.41) is 16.2. The van der Waals surface area contributed by atoms with E-state index >= 15 is 0 Å². The van der Waals surface area contributed by atoms with Crippen molar-refractivity contribution in [2.75, 3.05) is 12.4 Å². The molecule has 0 saturated heterocycles. The number of anilines is 1. The molecule has 3 rings (SSSR count). The number of carbonyl (C=O) groups excluding carboxylic acids is 2. The summed E-state index contributed by atoms with van der Waals surface area (Å²) in [5.41, 5.74) is 5.32. The smallest absolute Gasteiger partial charge is 0.305 e. The Morgan fingerprint density at radius 1 is 1.10 bits per heavy atom. The van der Waals surface area contributed by atoms with E-state index in [2.05, 4.69) is 10.4 Å². The third-order valence-electron chi connectivity index (χ3n) is 4.89. The van der Waals surface area contributed by atoms with Crippen molar-refractivity contribution in [3.05, 3.63) is 76.6 Å². The quantitative estimate of drug-likeness (QED) is 0.634. The van der Waals surface area contributed by atoms with Gasteiger partial charge >= 0.3 is 5.97 Å². The fraction of sp³-hybridized carbons (Fsp3) is 0.217. The van der Waals surface area contributed by atoms with Crippen LogP contribution >= 0.6 is 0 Å². The lowest BCUT2D eigenvalue weighted by Crippen LogP contribution is -2.12. The fourth-order valence-electron chi connectivity index (χ4n) is 3.20. The lowest BCUT2D eigenvalue weighted by atomic mass is 10.1. The number of ether oxygens (including phenoxy) is 1. The number of aromatic nitrogens is 2. The zero-order chi connectivity index (χ0) is 21.7. The Morgan fingerprint density at radius 2 is 1.77 bits per heavy atom. The second-order valence-electron chi connectivity index (χ2n) is 6.83. The zero-order valence-corrected chi connectivity index (χ0v) is 17.1. The van der Waals surface area contributed by atoms with E-state index in [0.717, 1.165) is 22.6 Å². The third kappa shape index (κ3) is 4.55. The zero-order valence-electron chi connectivity index (χ0n) is 17.1. The van der Waals surface area contributed by atoms with E-state index in [0.29, 0.717) is 29.7 Å². The highest BCUT2D eigenvalue weighted by Gasteiger charge is 2.15. The van der Waals surface area contributed by atoms with Crippen molar-refractivity contribution in [1.82, 2.24) is 9.78 Å². The number of esters is 1. The van der Waals surface area contributed by atoms with Crippen LogP contribution in [0, 0.1) is 25.2 Å². The van der Waals surface area contributed by atoms with Crippen LogP contribution in [0.5, 0.6) is 0 Å². The van der Waals surface area contributed by atoms with Gasteiger partial charge in [0.15, 0.2) is 0 Å². The SMILES string of the molecule is COC(=O)CCc1c(C)nn(-c2ccc(C(=O)Nc3ccc(C#N)cc3)cc2)c1C. The van der Waals surface area contributed by atoms with E-state index in [1.165, 1.54) is 7.11 Å². The number of nitrogens with one attached hydrogen (secondary N) is 1. The molecule has 0 saturated carbocycles. The number of hydrogen-bond acceptors (Lipinski definition) is 5. The summed E-state index contributed by atoms with van der Waals surface area (Å²) in [6, 6.07) is 15.9. The molecule has 7 heteroatoms. The highest BCUT2D eigenvalue weighted by molar-refractivity contribution is 6.04. The molecule has 1 heterocycles. The molecule has 1 amide bonds. The number of rotatable bonds is 6. The van der Waals surface area contributed by atoms with E-state index in [4.69, 9.17) is 10.00 Å². The molecular weight excluding hydrogens is 380 g/mol. The van der Waals surface area contributed by atoms with Crippen molar-refractivity contribution >= 4 is 17.6 Å². The summed E-state index contributed by atoms with van der Waals surface area (Å²) < 4.78 is 6.52. The molecule has 0 fully saturated rings. The largest absolute Gasteiger partial charge is 0.469 e. The van der Waals surface area contributed by atoms with E-state index < -0.39 is 0 Å². The summed E-state index contributed by atoms with van der Waals surface area (Å²) in [7, 11) is 1.38. The van der Waals surface area contributed by atoms with Crippen LogP contribution in [-0.4, -0.2) is 28.8 Å². The summed E-state index contributed by atoms with van der Waals surface area (Å²) in [6.07, 6.45) is 0.869.